The summed E-state index contributed by atoms with van der Waals surface area (Å²) in [5.74, 6) is 0.0549. The number of benzene rings is 2. The van der Waals surface area contributed by atoms with Crippen molar-refractivity contribution in [3.05, 3.63) is 53.1 Å². The zero-order chi connectivity index (χ0) is 14.8. The van der Waals surface area contributed by atoms with E-state index in [1.54, 1.807) is 12.1 Å². The smallest absolute Gasteiger partial charge is 0.238 e. The maximum absolute atomic E-state index is 11.1. The van der Waals surface area contributed by atoms with E-state index in [0.717, 1.165) is 0 Å². The summed E-state index contributed by atoms with van der Waals surface area (Å²) in [5, 5.41) is 15.1. The second-order valence-corrected chi connectivity index (χ2v) is 6.00. The number of phenolic OH excluding ortho intramolecular Hbond substituents is 1. The molecule has 0 spiro atoms. The number of rotatable bonds is 3. The summed E-state index contributed by atoms with van der Waals surface area (Å²) in [6.45, 7) is 0. The van der Waals surface area contributed by atoms with Gasteiger partial charge in [-0.15, -0.1) is 0 Å². The predicted molar refractivity (Wildman–Crippen MR) is 78.2 cm³/mol. The van der Waals surface area contributed by atoms with Crippen LogP contribution in [0.2, 0.25) is 5.02 Å². The number of phenols is 1. The third-order valence-electron chi connectivity index (χ3n) is 2.51. The number of nitrogens with zero attached hydrogens (tertiary/aromatic N) is 1. The Labute approximate surface area is 121 Å². The molecule has 2 aromatic carbocycles. The van der Waals surface area contributed by atoms with Crippen molar-refractivity contribution in [1.82, 2.24) is 0 Å². The van der Waals surface area contributed by atoms with Crippen LogP contribution in [0, 0.1) is 0 Å². The Hall–Kier alpha value is -1.89. The first-order valence-corrected chi connectivity index (χ1v) is 7.44. The van der Waals surface area contributed by atoms with E-state index in [4.69, 9.17) is 16.7 Å². The second kappa shape index (κ2) is 5.62. The lowest BCUT2D eigenvalue weighted by Gasteiger charge is -2.00. The van der Waals surface area contributed by atoms with Crippen LogP contribution in [-0.4, -0.2) is 19.7 Å². The maximum Gasteiger partial charge on any atom is 0.238 e. The number of sulfonamides is 1. The summed E-state index contributed by atoms with van der Waals surface area (Å²) in [5.41, 5.74) is 0.991. The Bertz CT molecular complexity index is 756. The highest BCUT2D eigenvalue weighted by atomic mass is 35.5. The van der Waals surface area contributed by atoms with E-state index in [0.29, 0.717) is 16.3 Å². The highest BCUT2D eigenvalue weighted by molar-refractivity contribution is 7.89. The summed E-state index contributed by atoms with van der Waals surface area (Å²) >= 11 is 5.82. The highest BCUT2D eigenvalue weighted by Crippen LogP contribution is 2.21. The number of halogens is 1. The van der Waals surface area contributed by atoms with Crippen LogP contribution in [0.25, 0.3) is 0 Å². The van der Waals surface area contributed by atoms with Crippen molar-refractivity contribution in [2.24, 2.45) is 10.1 Å². The minimum absolute atomic E-state index is 0.0158. The number of aliphatic imine (C=N–C) groups is 1. The Morgan fingerprint density at radius 2 is 1.80 bits per heavy atom. The SMILES string of the molecule is NS(=O)(=O)c1ccc(N=Cc2cc(Cl)ccc2O)cc1. The van der Waals surface area contributed by atoms with E-state index in [2.05, 4.69) is 4.99 Å². The van der Waals surface area contributed by atoms with Crippen molar-refractivity contribution in [1.29, 1.82) is 0 Å². The molecule has 0 aliphatic rings. The number of primary sulfonamides is 1. The van der Waals surface area contributed by atoms with E-state index >= 15 is 0 Å². The van der Waals surface area contributed by atoms with Gasteiger partial charge in [0.2, 0.25) is 10.0 Å². The van der Waals surface area contributed by atoms with Crippen molar-refractivity contribution in [2.75, 3.05) is 0 Å². The Kier molecular flexibility index (Phi) is 4.08. The second-order valence-electron chi connectivity index (χ2n) is 4.00. The molecule has 2 rings (SSSR count). The Balaban J connectivity index is 2.26. The fraction of sp³-hybridized carbons (Fsp3) is 0. The molecule has 0 aromatic heterocycles. The van der Waals surface area contributed by atoms with Gasteiger partial charge in [-0.1, -0.05) is 11.6 Å². The first-order chi connectivity index (χ1) is 9.36. The highest BCUT2D eigenvalue weighted by Gasteiger charge is 2.06. The molecule has 0 unspecified atom stereocenters. The molecule has 0 radical (unpaired) electrons. The lowest BCUT2D eigenvalue weighted by atomic mass is 10.2. The van der Waals surface area contributed by atoms with Crippen LogP contribution in [0.5, 0.6) is 5.75 Å². The molecule has 0 aliphatic heterocycles. The molecule has 0 saturated carbocycles. The molecule has 3 N–H and O–H groups in total. The van der Waals surface area contributed by atoms with Crippen LogP contribution in [-0.2, 0) is 10.0 Å². The molecular weight excluding hydrogens is 300 g/mol. The van der Waals surface area contributed by atoms with Crippen molar-refractivity contribution >= 4 is 33.5 Å². The number of hydrogen-bond acceptors (Lipinski definition) is 4. The Morgan fingerprint density at radius 3 is 2.40 bits per heavy atom. The molecule has 0 saturated heterocycles. The van der Waals surface area contributed by atoms with Gasteiger partial charge in [-0.05, 0) is 42.5 Å². The van der Waals surface area contributed by atoms with Gasteiger partial charge in [0.1, 0.15) is 5.75 Å². The summed E-state index contributed by atoms with van der Waals surface area (Å²) in [6, 6.07) is 10.3. The molecule has 2 aromatic rings. The summed E-state index contributed by atoms with van der Waals surface area (Å²) < 4.78 is 22.2. The van der Waals surface area contributed by atoms with E-state index in [9.17, 15) is 13.5 Å². The van der Waals surface area contributed by atoms with Crippen LogP contribution in [0.15, 0.2) is 52.4 Å². The van der Waals surface area contributed by atoms with Gasteiger partial charge in [0.25, 0.3) is 0 Å². The van der Waals surface area contributed by atoms with Gasteiger partial charge in [0.05, 0.1) is 10.6 Å². The summed E-state index contributed by atoms with van der Waals surface area (Å²) in [6.07, 6.45) is 1.44. The van der Waals surface area contributed by atoms with Crippen LogP contribution in [0.1, 0.15) is 5.56 Å². The third kappa shape index (κ3) is 3.57. The molecule has 5 nitrogen and oxygen atoms in total. The van der Waals surface area contributed by atoms with Crippen LogP contribution in [0.4, 0.5) is 5.69 Å². The topological polar surface area (TPSA) is 92.8 Å². The van der Waals surface area contributed by atoms with E-state index < -0.39 is 10.0 Å². The molecule has 0 aliphatic carbocycles. The first kappa shape index (κ1) is 14.5. The number of nitrogens with two attached hydrogens (primary N) is 1. The first-order valence-electron chi connectivity index (χ1n) is 5.52. The van der Waals surface area contributed by atoms with E-state index in [1.165, 1.54) is 36.5 Å². The predicted octanol–water partition coefficient (Wildman–Crippen LogP) is 2.44. The molecule has 7 heteroatoms. The monoisotopic (exact) mass is 310 g/mol. The standard InChI is InChI=1S/C13H11ClN2O3S/c14-10-1-6-13(17)9(7-10)8-16-11-2-4-12(5-3-11)20(15,18)19/h1-8,17H,(H2,15,18,19). The zero-order valence-electron chi connectivity index (χ0n) is 10.2. The van der Waals surface area contributed by atoms with Gasteiger partial charge in [-0.2, -0.15) is 0 Å². The fourth-order valence-electron chi connectivity index (χ4n) is 1.49. The zero-order valence-corrected chi connectivity index (χ0v) is 11.8. The lowest BCUT2D eigenvalue weighted by molar-refractivity contribution is 0.474. The van der Waals surface area contributed by atoms with Crippen LogP contribution >= 0.6 is 11.6 Å². The molecule has 20 heavy (non-hydrogen) atoms. The van der Waals surface area contributed by atoms with Crippen molar-refractivity contribution in [3.63, 3.8) is 0 Å². The van der Waals surface area contributed by atoms with Crippen molar-refractivity contribution < 1.29 is 13.5 Å². The van der Waals surface area contributed by atoms with Gasteiger partial charge in [0.15, 0.2) is 0 Å². The quantitative estimate of drug-likeness (QED) is 0.853. The van der Waals surface area contributed by atoms with Gasteiger partial charge >= 0.3 is 0 Å². The largest absolute Gasteiger partial charge is 0.507 e. The van der Waals surface area contributed by atoms with Crippen LogP contribution < -0.4 is 5.14 Å². The van der Waals surface area contributed by atoms with Gasteiger partial charge in [0, 0.05) is 16.8 Å². The minimum Gasteiger partial charge on any atom is -0.507 e. The molecule has 0 heterocycles. The normalized spacial score (nSPS) is 11.9. The molecule has 104 valence electrons. The molecule has 0 atom stereocenters. The van der Waals surface area contributed by atoms with E-state index in [1.807, 2.05) is 0 Å². The number of hydrogen-bond donors (Lipinski definition) is 2. The molecule has 0 amide bonds. The average Bonchev–Trinajstić information content (AvgIpc) is 2.39. The van der Waals surface area contributed by atoms with Crippen molar-refractivity contribution in [2.45, 2.75) is 4.90 Å². The molecular formula is C13H11ClN2O3S. The summed E-state index contributed by atoms with van der Waals surface area (Å²) in [7, 11) is -3.71. The van der Waals surface area contributed by atoms with Crippen LogP contribution in [0.3, 0.4) is 0 Å². The van der Waals surface area contributed by atoms with Crippen molar-refractivity contribution in [3.8, 4) is 5.75 Å². The van der Waals surface area contributed by atoms with Gasteiger partial charge in [-0.25, -0.2) is 13.6 Å². The average molecular weight is 311 g/mol. The fourth-order valence-corrected chi connectivity index (χ4v) is 2.19. The minimum atomic E-state index is -3.71. The summed E-state index contributed by atoms with van der Waals surface area (Å²) in [4.78, 5) is 4.14. The molecule has 0 fully saturated rings. The Morgan fingerprint density at radius 1 is 1.15 bits per heavy atom. The van der Waals surface area contributed by atoms with E-state index in [-0.39, 0.29) is 10.6 Å². The van der Waals surface area contributed by atoms with Gasteiger partial charge in [-0.3, -0.25) is 4.99 Å². The third-order valence-corrected chi connectivity index (χ3v) is 3.67. The lowest BCUT2D eigenvalue weighted by Crippen LogP contribution is -2.11. The molecule has 0 bridgehead atoms. The number of aromatic hydroxyl groups is 1. The van der Waals surface area contributed by atoms with Gasteiger partial charge < -0.3 is 5.11 Å². The maximum atomic E-state index is 11.1.